The number of ether oxygens (including phenoxy) is 2. The van der Waals surface area contributed by atoms with Gasteiger partial charge in [0.25, 0.3) is 11.7 Å². The first kappa shape index (κ1) is 21.5. The van der Waals surface area contributed by atoms with Crippen LogP contribution >= 0.6 is 11.6 Å². The Balaban J connectivity index is 1.90. The topological polar surface area (TPSA) is 76.1 Å². The lowest BCUT2D eigenvalue weighted by Crippen LogP contribution is -2.29. The number of nitrogens with zero attached hydrogens (tertiary/aromatic N) is 1. The van der Waals surface area contributed by atoms with Crippen LogP contribution in [-0.4, -0.2) is 31.0 Å². The predicted molar refractivity (Wildman–Crippen MR) is 122 cm³/mol. The summed E-state index contributed by atoms with van der Waals surface area (Å²) >= 11 is 5.96. The molecule has 3 aromatic rings. The molecule has 4 rings (SSSR count). The van der Waals surface area contributed by atoms with Gasteiger partial charge in [0, 0.05) is 16.3 Å². The molecule has 0 saturated carbocycles. The Labute approximate surface area is 190 Å². The number of hydrogen-bond acceptors (Lipinski definition) is 5. The molecule has 0 aromatic heterocycles. The highest BCUT2D eigenvalue weighted by Crippen LogP contribution is 2.42. The van der Waals surface area contributed by atoms with Crippen molar-refractivity contribution < 1.29 is 24.2 Å². The second kappa shape index (κ2) is 8.77. The van der Waals surface area contributed by atoms with Crippen molar-refractivity contribution in [2.24, 2.45) is 0 Å². The minimum atomic E-state index is -0.829. The molecule has 1 N–H and O–H groups in total. The van der Waals surface area contributed by atoms with Crippen molar-refractivity contribution in [1.29, 1.82) is 0 Å². The highest BCUT2D eigenvalue weighted by Gasteiger charge is 2.46. The van der Waals surface area contributed by atoms with Crippen LogP contribution in [0.2, 0.25) is 5.02 Å². The van der Waals surface area contributed by atoms with Gasteiger partial charge in [-0.2, -0.15) is 0 Å². The molecular formula is C25H20ClNO5. The molecular weight excluding hydrogens is 430 g/mol. The zero-order chi connectivity index (χ0) is 22.8. The second-order valence-corrected chi connectivity index (χ2v) is 7.58. The normalized spacial score (nSPS) is 17.5. The highest BCUT2D eigenvalue weighted by atomic mass is 35.5. The van der Waals surface area contributed by atoms with E-state index in [1.165, 1.54) is 4.90 Å². The van der Waals surface area contributed by atoms with Crippen LogP contribution in [0.5, 0.6) is 11.5 Å². The zero-order valence-electron chi connectivity index (χ0n) is 17.4. The van der Waals surface area contributed by atoms with E-state index in [0.717, 1.165) is 0 Å². The number of aliphatic hydroxyl groups is 1. The maximum atomic E-state index is 13.1. The molecule has 0 unspecified atom stereocenters. The molecule has 3 aromatic carbocycles. The third-order valence-corrected chi connectivity index (χ3v) is 5.60. The lowest BCUT2D eigenvalue weighted by atomic mass is 9.95. The molecule has 1 aliphatic heterocycles. The molecule has 0 bridgehead atoms. The summed E-state index contributed by atoms with van der Waals surface area (Å²) in [5, 5.41) is 11.6. The van der Waals surface area contributed by atoms with E-state index in [4.69, 9.17) is 21.1 Å². The van der Waals surface area contributed by atoms with E-state index in [9.17, 15) is 14.7 Å². The van der Waals surface area contributed by atoms with Crippen LogP contribution in [0.15, 0.2) is 78.4 Å². The number of ketones is 1. The Morgan fingerprint density at radius 1 is 0.844 bits per heavy atom. The van der Waals surface area contributed by atoms with Crippen LogP contribution in [0, 0.1) is 0 Å². The minimum absolute atomic E-state index is 0.00157. The fraction of sp³-hybridized carbons (Fsp3) is 0.120. The Bertz CT molecular complexity index is 1180. The van der Waals surface area contributed by atoms with Gasteiger partial charge in [-0.25, -0.2) is 0 Å². The lowest BCUT2D eigenvalue weighted by Gasteiger charge is -2.25. The summed E-state index contributed by atoms with van der Waals surface area (Å²) in [4.78, 5) is 27.6. The Morgan fingerprint density at radius 3 is 1.91 bits per heavy atom. The summed E-state index contributed by atoms with van der Waals surface area (Å²) in [7, 11) is 3.10. The molecule has 1 amide bonds. The number of methoxy groups -OCH3 is 2. The molecule has 0 spiro atoms. The third-order valence-electron chi connectivity index (χ3n) is 5.34. The van der Waals surface area contributed by atoms with Gasteiger partial charge < -0.3 is 14.6 Å². The predicted octanol–water partition coefficient (Wildman–Crippen LogP) is 4.98. The Hall–Kier alpha value is -3.77. The smallest absolute Gasteiger partial charge is 0.300 e. The van der Waals surface area contributed by atoms with Crippen LogP contribution in [0.4, 0.5) is 5.69 Å². The summed E-state index contributed by atoms with van der Waals surface area (Å²) < 4.78 is 10.4. The monoisotopic (exact) mass is 449 g/mol. The van der Waals surface area contributed by atoms with Crippen LogP contribution in [0.1, 0.15) is 17.2 Å². The van der Waals surface area contributed by atoms with Crippen LogP contribution in [0.25, 0.3) is 5.76 Å². The van der Waals surface area contributed by atoms with Crippen molar-refractivity contribution in [1.82, 2.24) is 0 Å². The maximum absolute atomic E-state index is 13.1. The average Bonchev–Trinajstić information content (AvgIpc) is 3.09. The van der Waals surface area contributed by atoms with Gasteiger partial charge in [-0.05, 0) is 66.2 Å². The van der Waals surface area contributed by atoms with Crippen molar-refractivity contribution in [2.45, 2.75) is 6.04 Å². The number of Topliss-reactive ketones (excluding diaryl/α,β-unsaturated/α-hetero) is 1. The van der Waals surface area contributed by atoms with E-state index in [-0.39, 0.29) is 11.3 Å². The van der Waals surface area contributed by atoms with Gasteiger partial charge in [-0.1, -0.05) is 23.7 Å². The van der Waals surface area contributed by atoms with Gasteiger partial charge in [0.05, 0.1) is 25.8 Å². The second-order valence-electron chi connectivity index (χ2n) is 7.15. The molecule has 1 heterocycles. The minimum Gasteiger partial charge on any atom is -0.507 e. The standard InChI is InChI=1S/C25H20ClNO5/c1-31-19-11-5-15(6-12-19)22-21(23(28)16-3-7-17(26)8-4-16)24(29)25(30)27(22)18-9-13-20(32-2)14-10-18/h3-14,22,28H,1-2H3/b23-21+/t22-/m1/s1. The van der Waals surface area contributed by atoms with Gasteiger partial charge in [0.2, 0.25) is 0 Å². The van der Waals surface area contributed by atoms with E-state index < -0.39 is 17.7 Å². The summed E-state index contributed by atoms with van der Waals surface area (Å²) in [6, 6.07) is 19.4. The number of rotatable bonds is 5. The number of halogens is 1. The van der Waals surface area contributed by atoms with Crippen LogP contribution in [0.3, 0.4) is 0 Å². The molecule has 7 heteroatoms. The number of carbonyl (C=O) groups is 2. The lowest BCUT2D eigenvalue weighted by molar-refractivity contribution is -0.132. The first-order valence-electron chi connectivity index (χ1n) is 9.79. The van der Waals surface area contributed by atoms with E-state index in [0.29, 0.717) is 33.3 Å². The summed E-state index contributed by atoms with van der Waals surface area (Å²) in [5.41, 5.74) is 1.54. The van der Waals surface area contributed by atoms with E-state index in [1.807, 2.05) is 0 Å². The first-order chi connectivity index (χ1) is 15.4. The fourth-order valence-electron chi connectivity index (χ4n) is 3.71. The zero-order valence-corrected chi connectivity index (χ0v) is 18.2. The molecule has 1 aliphatic rings. The number of anilines is 1. The number of aliphatic hydroxyl groups excluding tert-OH is 1. The van der Waals surface area contributed by atoms with Gasteiger partial charge in [-0.15, -0.1) is 0 Å². The van der Waals surface area contributed by atoms with E-state index >= 15 is 0 Å². The Kier molecular flexibility index (Phi) is 5.88. The number of hydrogen-bond donors (Lipinski definition) is 1. The van der Waals surface area contributed by atoms with Gasteiger partial charge in [0.15, 0.2) is 0 Å². The van der Waals surface area contributed by atoms with Crippen molar-refractivity contribution in [3.05, 3.63) is 94.5 Å². The largest absolute Gasteiger partial charge is 0.507 e. The summed E-state index contributed by atoms with van der Waals surface area (Å²) in [6.45, 7) is 0. The maximum Gasteiger partial charge on any atom is 0.300 e. The summed E-state index contributed by atoms with van der Waals surface area (Å²) in [6.07, 6.45) is 0. The molecule has 1 atom stereocenters. The number of benzene rings is 3. The van der Waals surface area contributed by atoms with Crippen LogP contribution < -0.4 is 14.4 Å². The Morgan fingerprint density at radius 2 is 1.38 bits per heavy atom. The van der Waals surface area contributed by atoms with Crippen LogP contribution in [-0.2, 0) is 9.59 Å². The molecule has 6 nitrogen and oxygen atoms in total. The van der Waals surface area contributed by atoms with E-state index in [1.54, 1.807) is 87.0 Å². The van der Waals surface area contributed by atoms with Crippen molar-refractivity contribution in [2.75, 3.05) is 19.1 Å². The first-order valence-corrected chi connectivity index (χ1v) is 10.2. The van der Waals surface area contributed by atoms with Crippen molar-refractivity contribution >= 4 is 34.7 Å². The SMILES string of the molecule is COc1ccc([C@@H]2/C(=C(\O)c3ccc(Cl)cc3)C(=O)C(=O)N2c2ccc(OC)cc2)cc1. The number of carbonyl (C=O) groups excluding carboxylic acids is 2. The number of amides is 1. The molecule has 1 saturated heterocycles. The third kappa shape index (κ3) is 3.81. The average molecular weight is 450 g/mol. The molecule has 162 valence electrons. The fourth-order valence-corrected chi connectivity index (χ4v) is 3.83. The van der Waals surface area contributed by atoms with Gasteiger partial charge in [-0.3, -0.25) is 14.5 Å². The van der Waals surface area contributed by atoms with E-state index in [2.05, 4.69) is 0 Å². The molecule has 0 aliphatic carbocycles. The molecule has 32 heavy (non-hydrogen) atoms. The summed E-state index contributed by atoms with van der Waals surface area (Å²) in [5.74, 6) is -0.516. The van der Waals surface area contributed by atoms with Crippen molar-refractivity contribution in [3.8, 4) is 11.5 Å². The van der Waals surface area contributed by atoms with Gasteiger partial charge >= 0.3 is 0 Å². The quantitative estimate of drug-likeness (QED) is 0.337. The molecule has 1 fully saturated rings. The van der Waals surface area contributed by atoms with Gasteiger partial charge in [0.1, 0.15) is 17.3 Å². The highest BCUT2D eigenvalue weighted by molar-refractivity contribution is 6.51. The molecule has 0 radical (unpaired) electrons. The van der Waals surface area contributed by atoms with Crippen molar-refractivity contribution in [3.63, 3.8) is 0 Å².